The van der Waals surface area contributed by atoms with Gasteiger partial charge in [0.15, 0.2) is 0 Å². The molecule has 5 nitrogen and oxygen atoms in total. The van der Waals surface area contributed by atoms with Crippen molar-refractivity contribution in [1.82, 2.24) is 0 Å². The van der Waals surface area contributed by atoms with Crippen LogP contribution in [0, 0.1) is 0 Å². The van der Waals surface area contributed by atoms with E-state index in [4.69, 9.17) is 24.5 Å². The Balaban J connectivity index is 0.000000247. The van der Waals surface area contributed by atoms with Crippen molar-refractivity contribution in [2.75, 3.05) is 0 Å². The predicted molar refractivity (Wildman–Crippen MR) is 67.4 cm³/mol. The number of ether oxygens (including phenoxy) is 2. The van der Waals surface area contributed by atoms with Crippen molar-refractivity contribution in [3.63, 3.8) is 0 Å². The van der Waals surface area contributed by atoms with E-state index >= 15 is 0 Å². The highest BCUT2D eigenvalue weighted by Crippen LogP contribution is 2.60. The van der Waals surface area contributed by atoms with E-state index in [1.807, 2.05) is 0 Å². The number of epoxide rings is 2. The Kier molecular flexibility index (Phi) is 3.21. The van der Waals surface area contributed by atoms with Crippen LogP contribution in [0.25, 0.3) is 0 Å². The summed E-state index contributed by atoms with van der Waals surface area (Å²) in [6.07, 6.45) is 11.3. The Hall–Kier alpha value is -0.810. The van der Waals surface area contributed by atoms with Crippen molar-refractivity contribution in [2.45, 2.75) is 81.2 Å². The van der Waals surface area contributed by atoms with Crippen LogP contribution in [0.5, 0.6) is 0 Å². The van der Waals surface area contributed by atoms with Crippen LogP contribution in [0.15, 0.2) is 0 Å². The van der Waals surface area contributed by atoms with E-state index in [1.54, 1.807) is 0 Å². The topological polar surface area (TPSA) is 82.6 Å². The minimum atomic E-state index is -1.83. The van der Waals surface area contributed by atoms with E-state index < -0.39 is 6.16 Å². The van der Waals surface area contributed by atoms with Gasteiger partial charge >= 0.3 is 6.16 Å². The van der Waals surface area contributed by atoms with Crippen molar-refractivity contribution in [2.24, 2.45) is 0 Å². The van der Waals surface area contributed by atoms with Crippen molar-refractivity contribution < 1.29 is 24.5 Å². The van der Waals surface area contributed by atoms with Gasteiger partial charge in [0.2, 0.25) is 0 Å². The fourth-order valence-corrected chi connectivity index (χ4v) is 4.08. The number of rotatable bonds is 2. The highest BCUT2D eigenvalue weighted by molar-refractivity contribution is 5.53. The van der Waals surface area contributed by atoms with Gasteiger partial charge in [0, 0.05) is 6.42 Å². The number of hydrogen-bond donors (Lipinski definition) is 2. The third-order valence-corrected chi connectivity index (χ3v) is 5.04. The predicted octanol–water partition coefficient (Wildman–Crippen LogP) is 3.02. The number of hydrogen-bond acceptors (Lipinski definition) is 3. The molecule has 0 spiro atoms. The highest BCUT2D eigenvalue weighted by Gasteiger charge is 2.67. The van der Waals surface area contributed by atoms with E-state index in [0.717, 1.165) is 0 Å². The van der Waals surface area contributed by atoms with Crippen LogP contribution in [0.3, 0.4) is 0 Å². The smallest absolute Gasteiger partial charge is 0.450 e. The summed E-state index contributed by atoms with van der Waals surface area (Å²) in [5, 5.41) is 13.9. The van der Waals surface area contributed by atoms with Gasteiger partial charge in [-0.15, -0.1) is 0 Å². The molecule has 0 radical (unpaired) electrons. The maximum Gasteiger partial charge on any atom is 0.503 e. The fourth-order valence-electron chi connectivity index (χ4n) is 4.08. The summed E-state index contributed by atoms with van der Waals surface area (Å²) in [6, 6.07) is 0. The quantitative estimate of drug-likeness (QED) is 0.754. The molecule has 2 aliphatic heterocycles. The van der Waals surface area contributed by atoms with Gasteiger partial charge in [-0.05, 0) is 25.7 Å². The van der Waals surface area contributed by atoms with Crippen molar-refractivity contribution in [1.29, 1.82) is 0 Å². The molecule has 4 rings (SSSR count). The number of carbonyl (C=O) groups is 1. The lowest BCUT2D eigenvalue weighted by Crippen LogP contribution is -2.30. The third-order valence-electron chi connectivity index (χ3n) is 5.04. The molecule has 0 bridgehead atoms. The van der Waals surface area contributed by atoms with E-state index in [9.17, 15) is 0 Å². The molecule has 4 fully saturated rings. The molecule has 2 saturated heterocycles. The molecule has 4 unspecified atom stereocenters. The molecule has 5 heteroatoms. The molecule has 0 aromatic rings. The zero-order chi connectivity index (χ0) is 13.5. The fraction of sp³-hybridized carbons (Fsp3) is 0.929. The van der Waals surface area contributed by atoms with Crippen LogP contribution < -0.4 is 0 Å². The molecule has 2 N–H and O–H groups in total. The number of carboxylic acid groups (broad SMARTS) is 2. The van der Waals surface area contributed by atoms with Crippen molar-refractivity contribution in [3.05, 3.63) is 0 Å². The zero-order valence-corrected chi connectivity index (χ0v) is 11.1. The second-order valence-corrected chi connectivity index (χ2v) is 6.29. The lowest BCUT2D eigenvalue weighted by molar-refractivity contribution is 0.137. The van der Waals surface area contributed by atoms with Gasteiger partial charge < -0.3 is 19.7 Å². The molecule has 0 aromatic heterocycles. The summed E-state index contributed by atoms with van der Waals surface area (Å²) in [5.74, 6) is 0. The SMILES string of the molecule is C1CCC2(CC34CCCCC3O4)OC2C1.O=C(O)O. The van der Waals surface area contributed by atoms with Gasteiger partial charge in [-0.25, -0.2) is 4.79 Å². The first-order valence-electron chi connectivity index (χ1n) is 7.34. The molecule has 108 valence electrons. The maximum atomic E-state index is 8.56. The minimum absolute atomic E-state index is 0.282. The summed E-state index contributed by atoms with van der Waals surface area (Å²) in [6.45, 7) is 0. The second-order valence-electron chi connectivity index (χ2n) is 6.29. The summed E-state index contributed by atoms with van der Waals surface area (Å²) in [7, 11) is 0. The molecule has 4 atom stereocenters. The van der Waals surface area contributed by atoms with Crippen LogP contribution >= 0.6 is 0 Å². The first kappa shape index (κ1) is 13.2. The molecule has 0 amide bonds. The van der Waals surface area contributed by atoms with Crippen LogP contribution in [0.2, 0.25) is 0 Å². The standard InChI is InChI=1S/C13H20O2.CH2O3/c1-3-7-12(10(5-1)14-12)9-13-8-4-2-6-11(13)15-13;2-1(3)4/h10-11H,1-9H2;(H2,2,3,4). The average Bonchev–Trinajstić information content (AvgIpc) is 3.20. The first-order valence-corrected chi connectivity index (χ1v) is 7.34. The van der Waals surface area contributed by atoms with E-state index in [0.29, 0.717) is 12.2 Å². The monoisotopic (exact) mass is 270 g/mol. The molecule has 0 aromatic carbocycles. The Morgan fingerprint density at radius 1 is 0.947 bits per heavy atom. The number of fused-ring (bicyclic) bond motifs is 2. The highest BCUT2D eigenvalue weighted by atomic mass is 16.6. The zero-order valence-electron chi connectivity index (χ0n) is 11.1. The van der Waals surface area contributed by atoms with Gasteiger partial charge in [0.05, 0.1) is 23.4 Å². The molecular weight excluding hydrogens is 248 g/mol. The van der Waals surface area contributed by atoms with Gasteiger partial charge in [-0.3, -0.25) is 0 Å². The molecular formula is C14H22O5. The summed E-state index contributed by atoms with van der Waals surface area (Å²) >= 11 is 0. The first-order chi connectivity index (χ1) is 9.06. The van der Waals surface area contributed by atoms with Gasteiger partial charge in [-0.2, -0.15) is 0 Å². The summed E-state index contributed by atoms with van der Waals surface area (Å²) in [4.78, 5) is 8.56. The molecule has 19 heavy (non-hydrogen) atoms. The summed E-state index contributed by atoms with van der Waals surface area (Å²) in [5.41, 5.74) is 0.564. The molecule has 2 heterocycles. The Bertz CT molecular complexity index is 339. The van der Waals surface area contributed by atoms with Gasteiger partial charge in [0.1, 0.15) is 0 Å². The van der Waals surface area contributed by atoms with Gasteiger partial charge in [-0.1, -0.05) is 25.7 Å². The van der Waals surface area contributed by atoms with Crippen LogP contribution in [0.4, 0.5) is 4.79 Å². The molecule has 2 saturated carbocycles. The van der Waals surface area contributed by atoms with E-state index in [-0.39, 0.29) is 11.2 Å². The van der Waals surface area contributed by atoms with E-state index in [1.165, 1.54) is 57.8 Å². The van der Waals surface area contributed by atoms with Crippen molar-refractivity contribution in [3.8, 4) is 0 Å². The normalized spacial score (nSPS) is 46.1. The average molecular weight is 270 g/mol. The minimum Gasteiger partial charge on any atom is -0.450 e. The Morgan fingerprint density at radius 2 is 1.37 bits per heavy atom. The molecule has 2 aliphatic carbocycles. The maximum absolute atomic E-state index is 8.56. The van der Waals surface area contributed by atoms with Crippen LogP contribution in [0.1, 0.15) is 57.8 Å². The van der Waals surface area contributed by atoms with Crippen molar-refractivity contribution >= 4 is 6.16 Å². The lowest BCUT2D eigenvalue weighted by atomic mass is 9.77. The third kappa shape index (κ3) is 2.58. The van der Waals surface area contributed by atoms with Gasteiger partial charge in [0.25, 0.3) is 0 Å². The second kappa shape index (κ2) is 4.63. The Labute approximate surface area is 112 Å². The van der Waals surface area contributed by atoms with Crippen LogP contribution in [-0.4, -0.2) is 39.8 Å². The largest absolute Gasteiger partial charge is 0.503 e. The Morgan fingerprint density at radius 3 is 1.74 bits per heavy atom. The summed E-state index contributed by atoms with van der Waals surface area (Å²) < 4.78 is 12.0. The molecule has 4 aliphatic rings. The van der Waals surface area contributed by atoms with E-state index in [2.05, 4.69) is 0 Å². The lowest BCUT2D eigenvalue weighted by Gasteiger charge is -2.23. The van der Waals surface area contributed by atoms with Crippen LogP contribution in [-0.2, 0) is 9.47 Å².